The molecular formula is C22H22F3N3O2. The number of amides is 1. The second-order valence-corrected chi connectivity index (χ2v) is 7.55. The molecule has 158 valence electrons. The molecule has 0 saturated heterocycles. The lowest BCUT2D eigenvalue weighted by atomic mass is 10.0. The van der Waals surface area contributed by atoms with E-state index in [9.17, 15) is 22.8 Å². The Morgan fingerprint density at radius 2 is 1.93 bits per heavy atom. The number of benzene rings is 1. The fraction of sp³-hybridized carbons (Fsp3) is 0.318. The van der Waals surface area contributed by atoms with Crippen LogP contribution in [0.5, 0.6) is 0 Å². The maximum absolute atomic E-state index is 12.3. The number of hydrogen-bond acceptors (Lipinski definition) is 3. The molecule has 0 unspecified atom stereocenters. The summed E-state index contributed by atoms with van der Waals surface area (Å²) >= 11 is 0. The summed E-state index contributed by atoms with van der Waals surface area (Å²) in [5.74, 6) is -0.380. The van der Waals surface area contributed by atoms with Crippen molar-refractivity contribution in [1.82, 2.24) is 9.38 Å². The highest BCUT2D eigenvalue weighted by Crippen LogP contribution is 2.26. The van der Waals surface area contributed by atoms with Crippen LogP contribution in [0.3, 0.4) is 0 Å². The normalized spacial score (nSPS) is 11.8. The van der Waals surface area contributed by atoms with Crippen molar-refractivity contribution in [3.05, 3.63) is 54.4 Å². The van der Waals surface area contributed by atoms with E-state index < -0.39 is 24.9 Å². The zero-order valence-electron chi connectivity index (χ0n) is 16.7. The van der Waals surface area contributed by atoms with Crippen molar-refractivity contribution in [1.29, 1.82) is 0 Å². The smallest absolute Gasteiger partial charge is 0.326 e. The van der Waals surface area contributed by atoms with E-state index >= 15 is 0 Å². The molecule has 5 nitrogen and oxygen atoms in total. The highest BCUT2D eigenvalue weighted by atomic mass is 19.4. The molecule has 8 heteroatoms. The number of rotatable bonds is 7. The molecule has 0 spiro atoms. The highest BCUT2D eigenvalue weighted by Gasteiger charge is 2.27. The van der Waals surface area contributed by atoms with Crippen molar-refractivity contribution in [3.8, 4) is 11.3 Å². The molecule has 1 N–H and O–H groups in total. The SMILES string of the molecule is CC(C)CC(=O)c1ccn2c(-c3cccc(NC(=O)CCC(F)(F)F)c3)cnc2c1. The van der Waals surface area contributed by atoms with Crippen LogP contribution in [-0.2, 0) is 4.79 Å². The van der Waals surface area contributed by atoms with Gasteiger partial charge in [0, 0.05) is 35.9 Å². The number of Topliss-reactive ketones (excluding diaryl/α,β-unsaturated/α-hetero) is 1. The molecule has 2 aromatic heterocycles. The molecule has 0 radical (unpaired) electrons. The predicted octanol–water partition coefficient (Wildman–Crippen LogP) is 5.51. The molecule has 0 saturated carbocycles. The summed E-state index contributed by atoms with van der Waals surface area (Å²) < 4.78 is 38.7. The molecule has 0 aliphatic heterocycles. The molecule has 0 bridgehead atoms. The van der Waals surface area contributed by atoms with Gasteiger partial charge >= 0.3 is 6.18 Å². The highest BCUT2D eigenvalue weighted by molar-refractivity contribution is 5.97. The van der Waals surface area contributed by atoms with Crippen molar-refractivity contribution < 1.29 is 22.8 Å². The van der Waals surface area contributed by atoms with Gasteiger partial charge in [0.1, 0.15) is 5.65 Å². The fourth-order valence-corrected chi connectivity index (χ4v) is 3.09. The third-order valence-electron chi connectivity index (χ3n) is 4.51. The van der Waals surface area contributed by atoms with Crippen LogP contribution in [0.15, 0.2) is 48.8 Å². The molecule has 3 aromatic rings. The molecule has 0 aliphatic rings. The van der Waals surface area contributed by atoms with Gasteiger partial charge in [-0.2, -0.15) is 13.2 Å². The molecular weight excluding hydrogens is 395 g/mol. The standard InChI is InChI=1S/C22H22F3N3O2/c1-14(2)10-19(29)16-7-9-28-18(13-26-20(28)12-16)15-4-3-5-17(11-15)27-21(30)6-8-22(23,24)25/h3-5,7,9,11-14H,6,8,10H2,1-2H3,(H,27,30). The van der Waals surface area contributed by atoms with Crippen molar-refractivity contribution in [2.75, 3.05) is 5.32 Å². The number of anilines is 1. The van der Waals surface area contributed by atoms with E-state index in [1.807, 2.05) is 24.3 Å². The van der Waals surface area contributed by atoms with Crippen LogP contribution in [0.4, 0.5) is 18.9 Å². The Kier molecular flexibility index (Phi) is 6.24. The Morgan fingerprint density at radius 3 is 2.63 bits per heavy atom. The summed E-state index contributed by atoms with van der Waals surface area (Å²) in [4.78, 5) is 28.4. The molecule has 2 heterocycles. The third-order valence-corrected chi connectivity index (χ3v) is 4.51. The number of hydrogen-bond donors (Lipinski definition) is 1. The lowest BCUT2D eigenvalue weighted by Gasteiger charge is -2.09. The maximum atomic E-state index is 12.3. The van der Waals surface area contributed by atoms with Crippen molar-refractivity contribution >= 4 is 23.0 Å². The molecule has 3 rings (SSSR count). The largest absolute Gasteiger partial charge is 0.389 e. The first kappa shape index (κ1) is 21.5. The first-order valence-corrected chi connectivity index (χ1v) is 9.60. The molecule has 30 heavy (non-hydrogen) atoms. The molecule has 0 fully saturated rings. The van der Waals surface area contributed by atoms with Crippen LogP contribution < -0.4 is 5.32 Å². The van der Waals surface area contributed by atoms with Gasteiger partial charge in [0.05, 0.1) is 18.3 Å². The molecule has 0 atom stereocenters. The van der Waals surface area contributed by atoms with Gasteiger partial charge in [0.25, 0.3) is 0 Å². The van der Waals surface area contributed by atoms with Gasteiger partial charge < -0.3 is 5.32 Å². The number of aromatic nitrogens is 2. The maximum Gasteiger partial charge on any atom is 0.389 e. The van der Waals surface area contributed by atoms with Gasteiger partial charge in [0.2, 0.25) is 5.91 Å². The molecule has 0 aliphatic carbocycles. The number of pyridine rings is 1. The van der Waals surface area contributed by atoms with Gasteiger partial charge in [-0.05, 0) is 30.2 Å². The topological polar surface area (TPSA) is 63.5 Å². The van der Waals surface area contributed by atoms with Crippen molar-refractivity contribution in [3.63, 3.8) is 0 Å². The van der Waals surface area contributed by atoms with Gasteiger partial charge in [0.15, 0.2) is 5.78 Å². The first-order chi connectivity index (χ1) is 14.1. The van der Waals surface area contributed by atoms with E-state index in [4.69, 9.17) is 0 Å². The van der Waals surface area contributed by atoms with E-state index in [0.717, 1.165) is 11.3 Å². The molecule has 1 amide bonds. The van der Waals surface area contributed by atoms with Gasteiger partial charge in [-0.15, -0.1) is 0 Å². The number of nitrogens with zero attached hydrogens (tertiary/aromatic N) is 2. The van der Waals surface area contributed by atoms with E-state index in [2.05, 4.69) is 10.3 Å². The number of carbonyl (C=O) groups excluding carboxylic acids is 2. The van der Waals surface area contributed by atoms with E-state index in [-0.39, 0.29) is 11.7 Å². The monoisotopic (exact) mass is 417 g/mol. The zero-order chi connectivity index (χ0) is 21.9. The van der Waals surface area contributed by atoms with Crippen molar-refractivity contribution in [2.45, 2.75) is 39.3 Å². The fourth-order valence-electron chi connectivity index (χ4n) is 3.09. The third kappa shape index (κ3) is 5.46. The lowest BCUT2D eigenvalue weighted by Crippen LogP contribution is -2.16. The number of halogens is 3. The Labute approximate surface area is 171 Å². The summed E-state index contributed by atoms with van der Waals surface area (Å²) in [6.07, 6.45) is -2.29. The van der Waals surface area contributed by atoms with E-state index in [1.165, 1.54) is 0 Å². The zero-order valence-corrected chi connectivity index (χ0v) is 16.7. The van der Waals surface area contributed by atoms with Gasteiger partial charge in [-0.25, -0.2) is 4.98 Å². The first-order valence-electron chi connectivity index (χ1n) is 9.60. The number of nitrogens with one attached hydrogen (secondary N) is 1. The Morgan fingerprint density at radius 1 is 1.17 bits per heavy atom. The number of ketones is 1. The predicted molar refractivity (Wildman–Crippen MR) is 108 cm³/mol. The average Bonchev–Trinajstić information content (AvgIpc) is 3.09. The van der Waals surface area contributed by atoms with Crippen LogP contribution in [0.2, 0.25) is 0 Å². The van der Waals surface area contributed by atoms with Crippen LogP contribution in [0.25, 0.3) is 16.9 Å². The van der Waals surface area contributed by atoms with E-state index in [0.29, 0.717) is 23.3 Å². The Hall–Kier alpha value is -3.16. The van der Waals surface area contributed by atoms with Crippen LogP contribution in [0.1, 0.15) is 43.5 Å². The summed E-state index contributed by atoms with van der Waals surface area (Å²) in [5, 5.41) is 2.49. The van der Waals surface area contributed by atoms with Crippen LogP contribution >= 0.6 is 0 Å². The minimum absolute atomic E-state index is 0.0561. The number of imidazole rings is 1. The summed E-state index contributed by atoms with van der Waals surface area (Å²) in [5.41, 5.74) is 3.08. The van der Waals surface area contributed by atoms with Crippen LogP contribution in [-0.4, -0.2) is 27.3 Å². The number of fused-ring (bicyclic) bond motifs is 1. The minimum atomic E-state index is -4.37. The second-order valence-electron chi connectivity index (χ2n) is 7.55. The number of carbonyl (C=O) groups is 2. The average molecular weight is 417 g/mol. The Balaban J connectivity index is 1.80. The van der Waals surface area contributed by atoms with Crippen molar-refractivity contribution in [2.24, 2.45) is 5.92 Å². The van der Waals surface area contributed by atoms with Gasteiger partial charge in [-0.3, -0.25) is 14.0 Å². The number of alkyl halides is 3. The quantitative estimate of drug-likeness (QED) is 0.516. The molecule has 1 aromatic carbocycles. The van der Waals surface area contributed by atoms with E-state index in [1.54, 1.807) is 42.7 Å². The van der Waals surface area contributed by atoms with Gasteiger partial charge in [-0.1, -0.05) is 26.0 Å². The second kappa shape index (κ2) is 8.69. The summed E-state index contributed by atoms with van der Waals surface area (Å²) in [7, 11) is 0. The lowest BCUT2D eigenvalue weighted by molar-refractivity contribution is -0.142. The summed E-state index contributed by atoms with van der Waals surface area (Å²) in [6, 6.07) is 10.3. The minimum Gasteiger partial charge on any atom is -0.326 e. The van der Waals surface area contributed by atoms with Crippen LogP contribution in [0, 0.1) is 5.92 Å². The summed E-state index contributed by atoms with van der Waals surface area (Å²) in [6.45, 7) is 3.97. The Bertz CT molecular complexity index is 1070.